The van der Waals surface area contributed by atoms with E-state index in [0.717, 1.165) is 11.3 Å². The molecule has 4 heteroatoms. The largest absolute Gasteiger partial charge is 0.399 e. The molecule has 0 saturated heterocycles. The zero-order chi connectivity index (χ0) is 12.4. The maximum atomic E-state index is 13.6. The second-order valence-corrected chi connectivity index (χ2v) is 4.32. The molecule has 2 nitrogen and oxygen atoms in total. The summed E-state index contributed by atoms with van der Waals surface area (Å²) in [6, 6.07) is 9.99. The van der Waals surface area contributed by atoms with Gasteiger partial charge < -0.3 is 11.1 Å². The van der Waals surface area contributed by atoms with Crippen LogP contribution in [-0.4, -0.2) is 0 Å². The van der Waals surface area contributed by atoms with E-state index in [-0.39, 0.29) is 0 Å². The maximum Gasteiger partial charge on any atom is 0.148 e. The number of anilines is 3. The van der Waals surface area contributed by atoms with Gasteiger partial charge in [-0.3, -0.25) is 0 Å². The third kappa shape index (κ3) is 2.88. The Morgan fingerprint density at radius 2 is 1.94 bits per heavy atom. The van der Waals surface area contributed by atoms with Crippen LogP contribution in [0, 0.1) is 12.7 Å². The predicted molar refractivity (Wildman–Crippen MR) is 70.3 cm³/mol. The Morgan fingerprint density at radius 3 is 2.59 bits per heavy atom. The van der Waals surface area contributed by atoms with Gasteiger partial charge in [-0.25, -0.2) is 4.39 Å². The SMILES string of the molecule is Cc1cc(N)cc(Nc2ccc(Cl)cc2F)c1. The molecule has 0 unspecified atom stereocenters. The maximum absolute atomic E-state index is 13.6. The van der Waals surface area contributed by atoms with Crippen molar-refractivity contribution in [3.8, 4) is 0 Å². The summed E-state index contributed by atoms with van der Waals surface area (Å²) in [5, 5.41) is 3.34. The lowest BCUT2D eigenvalue weighted by molar-refractivity contribution is 0.632. The lowest BCUT2D eigenvalue weighted by Crippen LogP contribution is -1.96. The van der Waals surface area contributed by atoms with Gasteiger partial charge in [-0.15, -0.1) is 0 Å². The number of nitrogen functional groups attached to an aromatic ring is 1. The zero-order valence-corrected chi connectivity index (χ0v) is 10.1. The number of nitrogens with one attached hydrogen (secondary N) is 1. The molecule has 0 amide bonds. The van der Waals surface area contributed by atoms with Crippen LogP contribution in [0.4, 0.5) is 21.5 Å². The van der Waals surface area contributed by atoms with Crippen LogP contribution in [0.5, 0.6) is 0 Å². The molecule has 0 spiro atoms. The first kappa shape index (κ1) is 11.7. The Balaban J connectivity index is 2.31. The first-order valence-corrected chi connectivity index (χ1v) is 5.51. The van der Waals surface area contributed by atoms with Crippen molar-refractivity contribution in [3.05, 3.63) is 52.8 Å². The lowest BCUT2D eigenvalue weighted by atomic mass is 10.2. The molecule has 0 aliphatic heterocycles. The molecule has 2 aromatic carbocycles. The van der Waals surface area contributed by atoms with Gasteiger partial charge in [-0.2, -0.15) is 0 Å². The van der Waals surface area contributed by atoms with E-state index >= 15 is 0 Å². The van der Waals surface area contributed by atoms with Gasteiger partial charge in [-0.05, 0) is 48.9 Å². The summed E-state index contributed by atoms with van der Waals surface area (Å²) in [6.07, 6.45) is 0. The summed E-state index contributed by atoms with van der Waals surface area (Å²) < 4.78 is 13.6. The number of aryl methyl sites for hydroxylation is 1. The van der Waals surface area contributed by atoms with E-state index in [2.05, 4.69) is 5.32 Å². The summed E-state index contributed by atoms with van der Waals surface area (Å²) in [5.74, 6) is -0.391. The highest BCUT2D eigenvalue weighted by Gasteiger charge is 2.04. The average Bonchev–Trinajstić information content (AvgIpc) is 2.21. The van der Waals surface area contributed by atoms with E-state index in [1.54, 1.807) is 18.2 Å². The Hall–Kier alpha value is -1.74. The molecule has 17 heavy (non-hydrogen) atoms. The second kappa shape index (κ2) is 4.63. The molecule has 3 N–H and O–H groups in total. The quantitative estimate of drug-likeness (QED) is 0.787. The van der Waals surface area contributed by atoms with E-state index in [1.807, 2.05) is 19.1 Å². The fourth-order valence-corrected chi connectivity index (χ4v) is 1.79. The monoisotopic (exact) mass is 250 g/mol. The van der Waals surface area contributed by atoms with Crippen molar-refractivity contribution in [1.82, 2.24) is 0 Å². The van der Waals surface area contributed by atoms with Gasteiger partial charge in [-0.1, -0.05) is 11.6 Å². The number of hydrogen-bond acceptors (Lipinski definition) is 2. The van der Waals surface area contributed by atoms with Crippen molar-refractivity contribution < 1.29 is 4.39 Å². The van der Waals surface area contributed by atoms with Crippen LogP contribution in [0.3, 0.4) is 0 Å². The van der Waals surface area contributed by atoms with E-state index in [1.165, 1.54) is 6.07 Å². The highest BCUT2D eigenvalue weighted by molar-refractivity contribution is 6.30. The van der Waals surface area contributed by atoms with Gasteiger partial charge in [0.15, 0.2) is 0 Å². The van der Waals surface area contributed by atoms with Gasteiger partial charge in [0.1, 0.15) is 5.82 Å². The first-order valence-electron chi connectivity index (χ1n) is 5.14. The molecule has 0 radical (unpaired) electrons. The van der Waals surface area contributed by atoms with Crippen molar-refractivity contribution in [2.45, 2.75) is 6.92 Å². The first-order chi connectivity index (χ1) is 8.04. The third-order valence-electron chi connectivity index (χ3n) is 2.31. The highest BCUT2D eigenvalue weighted by Crippen LogP contribution is 2.24. The minimum absolute atomic E-state index is 0.372. The summed E-state index contributed by atoms with van der Waals surface area (Å²) in [5.41, 5.74) is 8.50. The fraction of sp³-hybridized carbons (Fsp3) is 0.0769. The van der Waals surface area contributed by atoms with Crippen molar-refractivity contribution in [2.75, 3.05) is 11.1 Å². The van der Waals surface area contributed by atoms with Crippen LogP contribution in [0.15, 0.2) is 36.4 Å². The minimum atomic E-state index is -0.391. The molecule has 0 heterocycles. The molecule has 88 valence electrons. The second-order valence-electron chi connectivity index (χ2n) is 3.88. The van der Waals surface area contributed by atoms with Crippen LogP contribution in [0.25, 0.3) is 0 Å². The molecule has 0 aromatic heterocycles. The van der Waals surface area contributed by atoms with Crippen molar-refractivity contribution in [2.24, 2.45) is 0 Å². The Kier molecular flexibility index (Phi) is 3.20. The van der Waals surface area contributed by atoms with Crippen LogP contribution in [-0.2, 0) is 0 Å². The molecule has 0 atom stereocenters. The van der Waals surface area contributed by atoms with Crippen LogP contribution < -0.4 is 11.1 Å². The van der Waals surface area contributed by atoms with Crippen molar-refractivity contribution in [3.63, 3.8) is 0 Å². The smallest absolute Gasteiger partial charge is 0.148 e. The summed E-state index contributed by atoms with van der Waals surface area (Å²) in [7, 11) is 0. The molecule has 0 fully saturated rings. The zero-order valence-electron chi connectivity index (χ0n) is 9.30. The van der Waals surface area contributed by atoms with Gasteiger partial charge in [0, 0.05) is 16.4 Å². The number of hydrogen-bond donors (Lipinski definition) is 2. The van der Waals surface area contributed by atoms with E-state index in [0.29, 0.717) is 16.4 Å². The third-order valence-corrected chi connectivity index (χ3v) is 2.54. The van der Waals surface area contributed by atoms with Gasteiger partial charge >= 0.3 is 0 Å². The van der Waals surface area contributed by atoms with Crippen LogP contribution in [0.2, 0.25) is 5.02 Å². The van der Waals surface area contributed by atoms with Crippen LogP contribution in [0.1, 0.15) is 5.56 Å². The van der Waals surface area contributed by atoms with Crippen molar-refractivity contribution in [1.29, 1.82) is 0 Å². The fourth-order valence-electron chi connectivity index (χ4n) is 1.63. The summed E-state index contributed by atoms with van der Waals surface area (Å²) in [6.45, 7) is 1.93. The van der Waals surface area contributed by atoms with Crippen molar-refractivity contribution >= 4 is 28.7 Å². The molecule has 2 aromatic rings. The topological polar surface area (TPSA) is 38.0 Å². The molecule has 0 aliphatic rings. The molecule has 0 aliphatic carbocycles. The van der Waals surface area contributed by atoms with Gasteiger partial charge in [0.25, 0.3) is 0 Å². The summed E-state index contributed by atoms with van der Waals surface area (Å²) in [4.78, 5) is 0. The number of benzene rings is 2. The number of halogens is 2. The molecular formula is C13H12ClFN2. The Labute approximate surface area is 104 Å². The van der Waals surface area contributed by atoms with E-state index < -0.39 is 5.82 Å². The Morgan fingerprint density at radius 1 is 1.18 bits per heavy atom. The minimum Gasteiger partial charge on any atom is -0.399 e. The lowest BCUT2D eigenvalue weighted by Gasteiger charge is -2.09. The highest BCUT2D eigenvalue weighted by atomic mass is 35.5. The molecular weight excluding hydrogens is 239 g/mol. The summed E-state index contributed by atoms with van der Waals surface area (Å²) >= 11 is 5.68. The van der Waals surface area contributed by atoms with E-state index in [9.17, 15) is 4.39 Å². The molecule has 2 rings (SSSR count). The number of nitrogens with two attached hydrogens (primary N) is 1. The molecule has 0 bridgehead atoms. The molecule has 0 saturated carbocycles. The average molecular weight is 251 g/mol. The van der Waals surface area contributed by atoms with Gasteiger partial charge in [0.05, 0.1) is 5.69 Å². The van der Waals surface area contributed by atoms with Crippen LogP contribution >= 0.6 is 11.6 Å². The van der Waals surface area contributed by atoms with E-state index in [4.69, 9.17) is 17.3 Å². The Bertz CT molecular complexity index is 535. The number of rotatable bonds is 2. The standard InChI is InChI=1S/C13H12ClFN2/c1-8-4-10(16)7-11(5-8)17-13-3-2-9(14)6-12(13)15/h2-7,17H,16H2,1H3. The predicted octanol–water partition coefficient (Wildman–Crippen LogP) is 4.11. The van der Waals surface area contributed by atoms with Gasteiger partial charge in [0.2, 0.25) is 0 Å². The normalized spacial score (nSPS) is 10.3.